The molecule has 0 radical (unpaired) electrons. The third-order valence-electron chi connectivity index (χ3n) is 4.01. The Morgan fingerprint density at radius 2 is 1.90 bits per heavy atom. The second kappa shape index (κ2) is 6.71. The minimum absolute atomic E-state index is 0.547. The number of anilines is 1. The summed E-state index contributed by atoms with van der Waals surface area (Å²) in [5, 5.41) is 4.49. The van der Waals surface area contributed by atoms with Gasteiger partial charge in [-0.2, -0.15) is 0 Å². The molecule has 1 heterocycles. The molecular formula is C17H25N3. The van der Waals surface area contributed by atoms with E-state index in [-0.39, 0.29) is 0 Å². The Morgan fingerprint density at radius 3 is 2.55 bits per heavy atom. The standard InChI is InChI=1S/C17H25N3/c1-5-14(6-2)20(4)17-11-13(12-18-3)15-9-7-8-10-16(15)19-17/h7-11,14,18H,5-6,12H2,1-4H3. The van der Waals surface area contributed by atoms with Crippen molar-refractivity contribution in [2.45, 2.75) is 39.3 Å². The molecule has 1 N–H and O–H groups in total. The quantitative estimate of drug-likeness (QED) is 0.870. The van der Waals surface area contributed by atoms with Gasteiger partial charge in [-0.1, -0.05) is 32.0 Å². The highest BCUT2D eigenvalue weighted by Gasteiger charge is 2.14. The minimum Gasteiger partial charge on any atom is -0.357 e. The molecule has 1 aromatic carbocycles. The molecule has 0 atom stereocenters. The van der Waals surface area contributed by atoms with E-state index in [0.29, 0.717) is 6.04 Å². The van der Waals surface area contributed by atoms with Crippen LogP contribution in [0.1, 0.15) is 32.3 Å². The highest BCUT2D eigenvalue weighted by molar-refractivity contribution is 5.84. The zero-order valence-electron chi connectivity index (χ0n) is 13.0. The number of aromatic nitrogens is 1. The van der Waals surface area contributed by atoms with Crippen molar-refractivity contribution < 1.29 is 0 Å². The van der Waals surface area contributed by atoms with E-state index in [1.807, 2.05) is 7.05 Å². The van der Waals surface area contributed by atoms with Crippen molar-refractivity contribution in [2.75, 3.05) is 19.0 Å². The molecule has 0 unspecified atom stereocenters. The van der Waals surface area contributed by atoms with Crippen LogP contribution in [0.25, 0.3) is 10.9 Å². The van der Waals surface area contributed by atoms with Crippen LogP contribution in [0.5, 0.6) is 0 Å². The Hall–Kier alpha value is -1.61. The lowest BCUT2D eigenvalue weighted by molar-refractivity contribution is 0.587. The van der Waals surface area contributed by atoms with Crippen molar-refractivity contribution in [3.05, 3.63) is 35.9 Å². The molecule has 2 aromatic rings. The molecule has 0 saturated carbocycles. The van der Waals surface area contributed by atoms with Crippen LogP contribution >= 0.6 is 0 Å². The number of pyridine rings is 1. The van der Waals surface area contributed by atoms with Gasteiger partial charge in [0, 0.05) is 25.0 Å². The van der Waals surface area contributed by atoms with Crippen molar-refractivity contribution in [3.63, 3.8) is 0 Å². The van der Waals surface area contributed by atoms with Crippen molar-refractivity contribution >= 4 is 16.7 Å². The van der Waals surface area contributed by atoms with E-state index in [1.54, 1.807) is 0 Å². The summed E-state index contributed by atoms with van der Waals surface area (Å²) in [5.41, 5.74) is 2.39. The summed E-state index contributed by atoms with van der Waals surface area (Å²) in [6.45, 7) is 5.34. The number of nitrogens with one attached hydrogen (secondary N) is 1. The number of hydrogen-bond acceptors (Lipinski definition) is 3. The molecular weight excluding hydrogens is 246 g/mol. The third kappa shape index (κ3) is 2.93. The number of nitrogens with zero attached hydrogens (tertiary/aromatic N) is 2. The number of para-hydroxylation sites is 1. The third-order valence-corrected chi connectivity index (χ3v) is 4.01. The van der Waals surface area contributed by atoms with Crippen LogP contribution in [0.2, 0.25) is 0 Å². The second-order valence-corrected chi connectivity index (χ2v) is 5.27. The summed E-state index contributed by atoms with van der Waals surface area (Å²) in [5.74, 6) is 1.07. The lowest BCUT2D eigenvalue weighted by Crippen LogP contribution is -2.31. The number of rotatable bonds is 6. The first kappa shape index (κ1) is 14.8. The zero-order valence-corrected chi connectivity index (χ0v) is 13.0. The maximum absolute atomic E-state index is 4.83. The molecule has 108 valence electrons. The van der Waals surface area contributed by atoms with Crippen molar-refractivity contribution in [2.24, 2.45) is 0 Å². The van der Waals surface area contributed by atoms with Crippen LogP contribution in [-0.4, -0.2) is 25.1 Å². The predicted octanol–water partition coefficient (Wildman–Crippen LogP) is 3.58. The molecule has 0 aliphatic heterocycles. The fourth-order valence-corrected chi connectivity index (χ4v) is 2.77. The Bertz CT molecular complexity index is 561. The van der Waals surface area contributed by atoms with Crippen LogP contribution in [0.3, 0.4) is 0 Å². The molecule has 3 heteroatoms. The Morgan fingerprint density at radius 1 is 1.20 bits per heavy atom. The summed E-state index contributed by atoms with van der Waals surface area (Å²) in [6, 6.07) is 11.1. The number of fused-ring (bicyclic) bond motifs is 1. The topological polar surface area (TPSA) is 28.2 Å². The highest BCUT2D eigenvalue weighted by atomic mass is 15.2. The normalized spacial score (nSPS) is 11.2. The molecule has 0 bridgehead atoms. The first-order chi connectivity index (χ1) is 9.71. The second-order valence-electron chi connectivity index (χ2n) is 5.27. The van der Waals surface area contributed by atoms with E-state index >= 15 is 0 Å². The van der Waals surface area contributed by atoms with Crippen molar-refractivity contribution in [3.8, 4) is 0 Å². The van der Waals surface area contributed by atoms with Gasteiger partial charge in [0.2, 0.25) is 0 Å². The van der Waals surface area contributed by atoms with Gasteiger partial charge in [0.05, 0.1) is 5.52 Å². The maximum Gasteiger partial charge on any atom is 0.129 e. The van der Waals surface area contributed by atoms with Gasteiger partial charge < -0.3 is 10.2 Å². The lowest BCUT2D eigenvalue weighted by Gasteiger charge is -2.28. The van der Waals surface area contributed by atoms with Gasteiger partial charge in [0.1, 0.15) is 5.82 Å². The molecule has 0 amide bonds. The van der Waals surface area contributed by atoms with E-state index in [9.17, 15) is 0 Å². The molecule has 3 nitrogen and oxygen atoms in total. The van der Waals surface area contributed by atoms with Crippen LogP contribution in [0.15, 0.2) is 30.3 Å². The summed E-state index contributed by atoms with van der Waals surface area (Å²) in [7, 11) is 4.14. The smallest absolute Gasteiger partial charge is 0.129 e. The maximum atomic E-state index is 4.83. The molecule has 20 heavy (non-hydrogen) atoms. The van der Waals surface area contributed by atoms with Crippen molar-refractivity contribution in [1.29, 1.82) is 0 Å². The minimum atomic E-state index is 0.547. The SMILES string of the molecule is CCC(CC)N(C)c1cc(CNC)c2ccccc2n1. The van der Waals surface area contributed by atoms with E-state index in [4.69, 9.17) is 4.98 Å². The Balaban J connectivity index is 2.49. The molecule has 1 aromatic heterocycles. The zero-order chi connectivity index (χ0) is 14.5. The largest absolute Gasteiger partial charge is 0.357 e. The molecule has 0 aliphatic carbocycles. The van der Waals surface area contributed by atoms with Gasteiger partial charge in [0.25, 0.3) is 0 Å². The average molecular weight is 271 g/mol. The molecule has 0 aliphatic rings. The molecule has 0 fully saturated rings. The van der Waals surface area contributed by atoms with Gasteiger partial charge in [-0.05, 0) is 37.6 Å². The van der Waals surface area contributed by atoms with Gasteiger partial charge in [-0.3, -0.25) is 0 Å². The molecule has 0 saturated heterocycles. The lowest BCUT2D eigenvalue weighted by atomic mass is 10.1. The fraction of sp³-hybridized carbons (Fsp3) is 0.471. The van der Waals surface area contributed by atoms with Crippen LogP contribution < -0.4 is 10.2 Å². The van der Waals surface area contributed by atoms with Crippen LogP contribution in [0, 0.1) is 0 Å². The van der Waals surface area contributed by atoms with Gasteiger partial charge in [-0.25, -0.2) is 4.98 Å². The number of hydrogen-bond donors (Lipinski definition) is 1. The van der Waals surface area contributed by atoms with E-state index < -0.39 is 0 Å². The summed E-state index contributed by atoms with van der Waals surface area (Å²) >= 11 is 0. The Kier molecular flexibility index (Phi) is 4.96. The summed E-state index contributed by atoms with van der Waals surface area (Å²) in [6.07, 6.45) is 2.28. The molecule has 0 spiro atoms. The van der Waals surface area contributed by atoms with E-state index in [2.05, 4.69) is 61.4 Å². The Labute approximate surface area is 122 Å². The molecule has 2 rings (SSSR count). The van der Waals surface area contributed by atoms with Gasteiger partial charge >= 0.3 is 0 Å². The monoisotopic (exact) mass is 271 g/mol. The van der Waals surface area contributed by atoms with Gasteiger partial charge in [0.15, 0.2) is 0 Å². The summed E-state index contributed by atoms with van der Waals surface area (Å²) in [4.78, 5) is 7.14. The summed E-state index contributed by atoms with van der Waals surface area (Å²) < 4.78 is 0. The number of benzene rings is 1. The van der Waals surface area contributed by atoms with Crippen LogP contribution in [-0.2, 0) is 6.54 Å². The predicted molar refractivity (Wildman–Crippen MR) is 87.3 cm³/mol. The van der Waals surface area contributed by atoms with E-state index in [1.165, 1.54) is 10.9 Å². The fourth-order valence-electron chi connectivity index (χ4n) is 2.77. The highest BCUT2D eigenvalue weighted by Crippen LogP contribution is 2.24. The van der Waals surface area contributed by atoms with E-state index in [0.717, 1.165) is 30.7 Å². The average Bonchev–Trinajstić information content (AvgIpc) is 2.48. The van der Waals surface area contributed by atoms with Crippen molar-refractivity contribution in [1.82, 2.24) is 10.3 Å². The van der Waals surface area contributed by atoms with Gasteiger partial charge in [-0.15, -0.1) is 0 Å². The van der Waals surface area contributed by atoms with Crippen LogP contribution in [0.4, 0.5) is 5.82 Å². The first-order valence-corrected chi connectivity index (χ1v) is 7.47. The first-order valence-electron chi connectivity index (χ1n) is 7.47.